The van der Waals surface area contributed by atoms with E-state index >= 15 is 0 Å². The topological polar surface area (TPSA) is 99.5 Å². The van der Waals surface area contributed by atoms with E-state index in [1.165, 1.54) is 0 Å². The van der Waals surface area contributed by atoms with E-state index in [2.05, 4.69) is 79.4 Å². The van der Waals surface area contributed by atoms with E-state index in [0.29, 0.717) is 26.1 Å². The number of hydrogen-bond acceptors (Lipinski definition) is 6. The maximum absolute atomic E-state index is 14.0. The lowest BCUT2D eigenvalue weighted by molar-refractivity contribution is -0.307. The number of rotatable bonds is 21. The van der Waals surface area contributed by atoms with Crippen molar-refractivity contribution in [2.75, 3.05) is 13.2 Å². The van der Waals surface area contributed by atoms with Crippen molar-refractivity contribution < 1.29 is 29.5 Å². The van der Waals surface area contributed by atoms with Crippen molar-refractivity contribution in [2.24, 2.45) is 17.3 Å². The van der Waals surface area contributed by atoms with Gasteiger partial charge < -0.3 is 10.2 Å². The zero-order valence-corrected chi connectivity index (χ0v) is 31.5. The lowest BCUT2D eigenvalue weighted by Crippen LogP contribution is -2.67. The third kappa shape index (κ3) is 10.6. The van der Waals surface area contributed by atoms with E-state index in [4.69, 9.17) is 14.8 Å². The van der Waals surface area contributed by atoms with Gasteiger partial charge in [0.25, 0.3) is 0 Å². The number of carboxylic acid groups (broad SMARTS) is 2. The second-order valence-electron chi connectivity index (χ2n) is 17.1. The van der Waals surface area contributed by atoms with Gasteiger partial charge in [-0.25, -0.2) is 0 Å². The molecule has 0 saturated carbocycles. The molecule has 0 spiro atoms. The molecule has 2 fully saturated rings. The smallest absolute Gasteiger partial charge is 0.310 e. The molecule has 2 saturated heterocycles. The van der Waals surface area contributed by atoms with E-state index in [-0.39, 0.29) is 40.4 Å². The molecule has 2 aliphatic heterocycles. The van der Waals surface area contributed by atoms with Gasteiger partial charge in [0.15, 0.2) is 0 Å². The number of carboxylic acids is 2. The summed E-state index contributed by atoms with van der Waals surface area (Å²) in [6, 6.07) is 0. The zero-order valence-electron chi connectivity index (χ0n) is 31.5. The van der Waals surface area contributed by atoms with Gasteiger partial charge in [-0.15, -0.1) is 0 Å². The number of piperidine rings is 2. The molecule has 0 amide bonds. The summed E-state index contributed by atoms with van der Waals surface area (Å²) >= 11 is 0. The molecule has 0 aliphatic carbocycles. The molecule has 8 nitrogen and oxygen atoms in total. The van der Waals surface area contributed by atoms with E-state index in [0.717, 1.165) is 89.9 Å². The number of aliphatic carboxylic acids is 2. The molecule has 8 heteroatoms. The monoisotopic (exact) mass is 653 g/mol. The number of unbranched alkanes of at least 4 members (excludes halogenated alkanes) is 8. The van der Waals surface area contributed by atoms with Crippen LogP contribution in [0.4, 0.5) is 0 Å². The molecule has 270 valence electrons. The molecule has 2 aliphatic rings. The first-order valence-electron chi connectivity index (χ1n) is 18.7. The summed E-state index contributed by atoms with van der Waals surface area (Å²) in [6.07, 6.45) is 14.8. The first-order valence-corrected chi connectivity index (χ1v) is 18.7. The molecule has 2 heterocycles. The highest BCUT2D eigenvalue weighted by Gasteiger charge is 2.61. The number of nitrogens with zero attached hydrogens (tertiary/aromatic N) is 2. The summed E-state index contributed by atoms with van der Waals surface area (Å²) in [5, 5.41) is 24.9. The van der Waals surface area contributed by atoms with Gasteiger partial charge in [-0.05, 0) is 119 Å². The van der Waals surface area contributed by atoms with E-state index < -0.39 is 17.4 Å². The SMILES string of the molecule is CCCCCON1C(C)(C)CC(C(CCCCCCCC(=O)O)(C(=O)O)C2CC(C)(C)N(OCCCCC)C(C)(C)C2)CC1(C)C. The highest BCUT2D eigenvalue weighted by atomic mass is 16.7. The van der Waals surface area contributed by atoms with Gasteiger partial charge in [-0.2, -0.15) is 10.1 Å². The Morgan fingerprint density at radius 2 is 0.978 bits per heavy atom. The molecule has 0 aromatic carbocycles. The maximum Gasteiger partial charge on any atom is 0.310 e. The Kier molecular flexibility index (Phi) is 15.5. The molecule has 0 radical (unpaired) electrons. The van der Waals surface area contributed by atoms with Crippen LogP contribution >= 0.6 is 0 Å². The average Bonchev–Trinajstić information content (AvgIpc) is 2.91. The Balaban J connectivity index is 2.44. The zero-order chi connectivity index (χ0) is 34.8. The fourth-order valence-corrected chi connectivity index (χ4v) is 9.39. The standard InChI is InChI=1S/C38H72N2O6/c1-11-13-20-24-45-39-34(3,4)26-30(27-35(39,5)6)38(33(43)44,23-19-17-15-16-18-22-32(41)42)31-28-36(7,8)40(37(9,10)29-31)46-25-21-14-12-2/h30-31H,11-29H2,1-10H3,(H,41,42)(H,43,44). The van der Waals surface area contributed by atoms with Gasteiger partial charge in [0.1, 0.15) is 0 Å². The van der Waals surface area contributed by atoms with Gasteiger partial charge in [-0.3, -0.25) is 19.3 Å². The second kappa shape index (κ2) is 17.4. The van der Waals surface area contributed by atoms with Crippen molar-refractivity contribution >= 4 is 11.9 Å². The number of hydrogen-bond donors (Lipinski definition) is 2. The van der Waals surface area contributed by atoms with Crippen molar-refractivity contribution in [1.29, 1.82) is 0 Å². The van der Waals surface area contributed by atoms with Crippen LogP contribution in [0.3, 0.4) is 0 Å². The van der Waals surface area contributed by atoms with Gasteiger partial charge in [0.2, 0.25) is 0 Å². The van der Waals surface area contributed by atoms with Crippen LogP contribution in [0, 0.1) is 17.3 Å². The molecule has 0 unspecified atom stereocenters. The van der Waals surface area contributed by atoms with Crippen molar-refractivity contribution in [3.63, 3.8) is 0 Å². The third-order valence-electron chi connectivity index (χ3n) is 11.0. The van der Waals surface area contributed by atoms with E-state index in [1.54, 1.807) is 0 Å². The fourth-order valence-electron chi connectivity index (χ4n) is 9.39. The first-order chi connectivity index (χ1) is 21.4. The van der Waals surface area contributed by atoms with Crippen LogP contribution in [0.1, 0.15) is 178 Å². The lowest BCUT2D eigenvalue weighted by Gasteiger charge is -2.61. The van der Waals surface area contributed by atoms with Gasteiger partial charge in [0.05, 0.1) is 18.6 Å². The molecule has 2 rings (SSSR count). The second-order valence-corrected chi connectivity index (χ2v) is 17.1. The van der Waals surface area contributed by atoms with Gasteiger partial charge in [-0.1, -0.05) is 65.2 Å². The minimum atomic E-state index is -0.882. The van der Waals surface area contributed by atoms with Gasteiger partial charge in [0, 0.05) is 28.6 Å². The van der Waals surface area contributed by atoms with Crippen LogP contribution in [-0.4, -0.2) is 67.6 Å². The highest BCUT2D eigenvalue weighted by Crippen LogP contribution is 2.58. The summed E-state index contributed by atoms with van der Waals surface area (Å²) in [4.78, 5) is 38.0. The minimum absolute atomic E-state index is 0.00822. The van der Waals surface area contributed by atoms with Crippen LogP contribution in [0.15, 0.2) is 0 Å². The molecular weight excluding hydrogens is 580 g/mol. The van der Waals surface area contributed by atoms with E-state index in [9.17, 15) is 14.7 Å². The summed E-state index contributed by atoms with van der Waals surface area (Å²) < 4.78 is 0. The normalized spacial score (nSPS) is 22.2. The van der Waals surface area contributed by atoms with Crippen molar-refractivity contribution in [3.05, 3.63) is 0 Å². The molecule has 2 N–H and O–H groups in total. The Morgan fingerprint density at radius 1 is 0.609 bits per heavy atom. The van der Waals surface area contributed by atoms with Crippen molar-refractivity contribution in [2.45, 2.75) is 201 Å². The van der Waals surface area contributed by atoms with E-state index in [1.807, 2.05) is 0 Å². The Morgan fingerprint density at radius 3 is 1.33 bits per heavy atom. The van der Waals surface area contributed by atoms with Crippen LogP contribution in [0.2, 0.25) is 0 Å². The fraction of sp³-hybridized carbons (Fsp3) is 0.947. The highest BCUT2D eigenvalue weighted by molar-refractivity contribution is 5.76. The number of hydroxylamine groups is 4. The molecular formula is C38H72N2O6. The Hall–Kier alpha value is -1.22. The summed E-state index contributed by atoms with van der Waals surface area (Å²) in [7, 11) is 0. The third-order valence-corrected chi connectivity index (χ3v) is 11.0. The molecule has 0 aromatic rings. The van der Waals surface area contributed by atoms with Crippen LogP contribution in [0.5, 0.6) is 0 Å². The Bertz CT molecular complexity index is 857. The maximum atomic E-state index is 14.0. The van der Waals surface area contributed by atoms with Gasteiger partial charge >= 0.3 is 11.9 Å². The Labute approximate surface area is 282 Å². The molecule has 0 aromatic heterocycles. The minimum Gasteiger partial charge on any atom is -0.481 e. The molecule has 0 bridgehead atoms. The predicted octanol–water partition coefficient (Wildman–Crippen LogP) is 9.65. The first kappa shape index (κ1) is 41.0. The largest absolute Gasteiger partial charge is 0.481 e. The summed E-state index contributed by atoms with van der Waals surface area (Å²) in [5.74, 6) is -1.42. The predicted molar refractivity (Wildman–Crippen MR) is 186 cm³/mol. The van der Waals surface area contributed by atoms with Crippen LogP contribution < -0.4 is 0 Å². The quantitative estimate of drug-likeness (QED) is 0.118. The summed E-state index contributed by atoms with van der Waals surface area (Å²) in [6.45, 7) is 23.6. The lowest BCUT2D eigenvalue weighted by atomic mass is 9.52. The average molecular weight is 653 g/mol. The van der Waals surface area contributed by atoms with Crippen molar-refractivity contribution in [3.8, 4) is 0 Å². The molecule has 46 heavy (non-hydrogen) atoms. The summed E-state index contributed by atoms with van der Waals surface area (Å²) in [5.41, 5.74) is -2.14. The van der Waals surface area contributed by atoms with Crippen LogP contribution in [-0.2, 0) is 19.3 Å². The van der Waals surface area contributed by atoms with Crippen LogP contribution in [0.25, 0.3) is 0 Å². The van der Waals surface area contributed by atoms with Crippen molar-refractivity contribution in [1.82, 2.24) is 10.1 Å². The number of carbonyl (C=O) groups is 2. The molecule has 0 atom stereocenters.